The highest BCUT2D eigenvalue weighted by Gasteiger charge is 2.22. The van der Waals surface area contributed by atoms with Gasteiger partial charge in [-0.25, -0.2) is 4.79 Å². The number of nitrogens with zero attached hydrogens (tertiary/aromatic N) is 1. The molecule has 0 aromatic heterocycles. The fourth-order valence-electron chi connectivity index (χ4n) is 1.91. The van der Waals surface area contributed by atoms with Crippen molar-refractivity contribution in [3.05, 3.63) is 29.3 Å². The van der Waals surface area contributed by atoms with E-state index >= 15 is 0 Å². The molecular formula is C13H15NO5. The van der Waals surface area contributed by atoms with Crippen molar-refractivity contribution in [1.29, 1.82) is 0 Å². The van der Waals surface area contributed by atoms with Crippen LogP contribution in [0.3, 0.4) is 0 Å². The summed E-state index contributed by atoms with van der Waals surface area (Å²) in [5.74, 6) is -0.579. The molecule has 0 unspecified atom stereocenters. The van der Waals surface area contributed by atoms with Gasteiger partial charge in [-0.1, -0.05) is 0 Å². The molecule has 1 N–H and O–H groups in total. The molecule has 0 spiro atoms. The number of carboxylic acid groups (broad SMARTS) is 1. The van der Waals surface area contributed by atoms with Crippen molar-refractivity contribution in [3.63, 3.8) is 0 Å². The molecule has 19 heavy (non-hydrogen) atoms. The number of carbonyl (C=O) groups is 2. The van der Waals surface area contributed by atoms with Crippen LogP contribution in [0, 0.1) is 0 Å². The minimum Gasteiger partial charge on any atom is -0.483 e. The number of ether oxygens (including phenoxy) is 2. The Balaban J connectivity index is 2.25. The second kappa shape index (κ2) is 5.71. The molecule has 1 aliphatic rings. The minimum atomic E-state index is -0.998. The van der Waals surface area contributed by atoms with Crippen LogP contribution in [0.5, 0.6) is 5.75 Å². The van der Waals surface area contributed by atoms with Gasteiger partial charge in [0.05, 0.1) is 12.2 Å². The zero-order chi connectivity index (χ0) is 13.8. The predicted molar refractivity (Wildman–Crippen MR) is 66.2 cm³/mol. The van der Waals surface area contributed by atoms with Crippen LogP contribution in [0.2, 0.25) is 0 Å². The van der Waals surface area contributed by atoms with E-state index in [1.165, 1.54) is 12.1 Å². The number of fused-ring (bicyclic) bond motifs is 1. The van der Waals surface area contributed by atoms with Crippen LogP contribution in [-0.4, -0.2) is 48.8 Å². The van der Waals surface area contributed by atoms with Gasteiger partial charge in [0.1, 0.15) is 5.75 Å². The molecule has 0 bridgehead atoms. The summed E-state index contributed by atoms with van der Waals surface area (Å²) in [6.45, 7) is 1.18. The average Bonchev–Trinajstić information content (AvgIpc) is 2.55. The van der Waals surface area contributed by atoms with Gasteiger partial charge >= 0.3 is 5.97 Å². The summed E-state index contributed by atoms with van der Waals surface area (Å²) in [6.07, 6.45) is 0. The first-order valence-corrected chi connectivity index (χ1v) is 5.87. The first-order chi connectivity index (χ1) is 9.11. The maximum Gasteiger partial charge on any atom is 0.335 e. The van der Waals surface area contributed by atoms with Gasteiger partial charge in [0.15, 0.2) is 6.61 Å². The first-order valence-electron chi connectivity index (χ1n) is 5.87. The van der Waals surface area contributed by atoms with Crippen molar-refractivity contribution >= 4 is 11.9 Å². The smallest absolute Gasteiger partial charge is 0.335 e. The van der Waals surface area contributed by atoms with Crippen molar-refractivity contribution in [1.82, 2.24) is 4.90 Å². The van der Waals surface area contributed by atoms with Gasteiger partial charge in [0.25, 0.3) is 5.91 Å². The number of amides is 1. The second-order valence-corrected chi connectivity index (χ2v) is 4.22. The van der Waals surface area contributed by atoms with E-state index in [1.54, 1.807) is 18.1 Å². The Morgan fingerprint density at radius 2 is 2.32 bits per heavy atom. The van der Waals surface area contributed by atoms with Gasteiger partial charge in [0, 0.05) is 25.8 Å². The van der Waals surface area contributed by atoms with E-state index in [9.17, 15) is 9.59 Å². The summed E-state index contributed by atoms with van der Waals surface area (Å²) in [6, 6.07) is 4.60. The number of hydrogen-bond donors (Lipinski definition) is 1. The molecule has 0 fully saturated rings. The van der Waals surface area contributed by atoms with Gasteiger partial charge in [-0.05, 0) is 18.2 Å². The van der Waals surface area contributed by atoms with Crippen LogP contribution in [0.1, 0.15) is 15.9 Å². The molecular weight excluding hydrogens is 250 g/mol. The van der Waals surface area contributed by atoms with Gasteiger partial charge in [0.2, 0.25) is 0 Å². The van der Waals surface area contributed by atoms with Crippen LogP contribution < -0.4 is 4.74 Å². The Bertz CT molecular complexity index is 500. The Labute approximate surface area is 110 Å². The Hall–Kier alpha value is -2.08. The lowest BCUT2D eigenvalue weighted by Crippen LogP contribution is -2.34. The number of aromatic carboxylic acids is 1. The Kier molecular flexibility index (Phi) is 4.01. The van der Waals surface area contributed by atoms with Crippen molar-refractivity contribution in [2.24, 2.45) is 0 Å². The maximum atomic E-state index is 11.8. The topological polar surface area (TPSA) is 76.1 Å². The third-order valence-electron chi connectivity index (χ3n) is 2.94. The largest absolute Gasteiger partial charge is 0.483 e. The van der Waals surface area contributed by atoms with E-state index in [0.29, 0.717) is 31.0 Å². The first kappa shape index (κ1) is 13.4. The Morgan fingerprint density at radius 3 is 3.00 bits per heavy atom. The van der Waals surface area contributed by atoms with E-state index in [4.69, 9.17) is 14.6 Å². The van der Waals surface area contributed by atoms with Crippen molar-refractivity contribution in [2.75, 3.05) is 26.9 Å². The summed E-state index contributed by atoms with van der Waals surface area (Å²) >= 11 is 0. The number of benzene rings is 1. The van der Waals surface area contributed by atoms with E-state index in [2.05, 4.69) is 0 Å². The molecule has 1 heterocycles. The number of hydrogen-bond acceptors (Lipinski definition) is 4. The third-order valence-corrected chi connectivity index (χ3v) is 2.94. The second-order valence-electron chi connectivity index (χ2n) is 4.22. The van der Waals surface area contributed by atoms with Crippen molar-refractivity contribution in [3.8, 4) is 5.75 Å². The van der Waals surface area contributed by atoms with Crippen LogP contribution in [0.25, 0.3) is 0 Å². The number of rotatable bonds is 4. The molecule has 102 valence electrons. The molecule has 0 saturated carbocycles. The zero-order valence-corrected chi connectivity index (χ0v) is 10.6. The quantitative estimate of drug-likeness (QED) is 0.869. The summed E-state index contributed by atoms with van der Waals surface area (Å²) in [5.41, 5.74) is 0.880. The monoisotopic (exact) mass is 265 g/mol. The summed E-state index contributed by atoms with van der Waals surface area (Å²) in [5, 5.41) is 8.97. The summed E-state index contributed by atoms with van der Waals surface area (Å²) < 4.78 is 10.3. The van der Waals surface area contributed by atoms with Crippen molar-refractivity contribution < 1.29 is 24.2 Å². The molecule has 0 atom stereocenters. The molecule has 1 amide bonds. The maximum absolute atomic E-state index is 11.8. The van der Waals surface area contributed by atoms with Crippen LogP contribution in [0.4, 0.5) is 0 Å². The molecule has 1 aromatic carbocycles. The SMILES string of the molecule is COCCN1Cc2cc(C(=O)O)ccc2OCC1=O. The average molecular weight is 265 g/mol. The molecule has 0 aliphatic carbocycles. The molecule has 1 aliphatic heterocycles. The fraction of sp³-hybridized carbons (Fsp3) is 0.385. The standard InChI is InChI=1S/C13H15NO5/c1-18-5-4-14-7-10-6-9(13(16)17)2-3-11(10)19-8-12(14)15/h2-3,6H,4-5,7-8H2,1H3,(H,16,17). The van der Waals surface area contributed by atoms with Gasteiger partial charge in [-0.3, -0.25) is 4.79 Å². The highest BCUT2D eigenvalue weighted by molar-refractivity contribution is 5.88. The van der Waals surface area contributed by atoms with Gasteiger partial charge in [-0.2, -0.15) is 0 Å². The molecule has 0 saturated heterocycles. The number of carboxylic acids is 1. The summed E-state index contributed by atoms with van der Waals surface area (Å²) in [4.78, 5) is 24.4. The molecule has 1 aromatic rings. The lowest BCUT2D eigenvalue weighted by atomic mass is 10.1. The minimum absolute atomic E-state index is 0.0386. The lowest BCUT2D eigenvalue weighted by molar-refractivity contribution is -0.133. The van der Waals surface area contributed by atoms with Crippen molar-refractivity contribution in [2.45, 2.75) is 6.54 Å². The van der Waals surface area contributed by atoms with Crippen LogP contribution in [-0.2, 0) is 16.1 Å². The highest BCUT2D eigenvalue weighted by Crippen LogP contribution is 2.24. The van der Waals surface area contributed by atoms with Crippen LogP contribution >= 0.6 is 0 Å². The Morgan fingerprint density at radius 1 is 1.53 bits per heavy atom. The number of methoxy groups -OCH3 is 1. The van der Waals surface area contributed by atoms with E-state index in [1.807, 2.05) is 0 Å². The zero-order valence-electron chi connectivity index (χ0n) is 10.6. The van der Waals surface area contributed by atoms with E-state index < -0.39 is 5.97 Å². The lowest BCUT2D eigenvalue weighted by Gasteiger charge is -2.19. The predicted octanol–water partition coefficient (Wildman–Crippen LogP) is 0.752. The molecule has 0 radical (unpaired) electrons. The number of carbonyl (C=O) groups excluding carboxylic acids is 1. The normalized spacial score (nSPS) is 14.6. The van der Waals surface area contributed by atoms with E-state index in [0.717, 1.165) is 0 Å². The van der Waals surface area contributed by atoms with Crippen LogP contribution in [0.15, 0.2) is 18.2 Å². The molecule has 6 nitrogen and oxygen atoms in total. The van der Waals surface area contributed by atoms with Gasteiger partial charge < -0.3 is 19.5 Å². The summed E-state index contributed by atoms with van der Waals surface area (Å²) in [7, 11) is 1.56. The molecule has 6 heteroatoms. The van der Waals surface area contributed by atoms with Gasteiger partial charge in [-0.15, -0.1) is 0 Å². The van der Waals surface area contributed by atoms with E-state index in [-0.39, 0.29) is 18.1 Å². The fourth-order valence-corrected chi connectivity index (χ4v) is 1.91. The third kappa shape index (κ3) is 3.03. The highest BCUT2D eigenvalue weighted by atomic mass is 16.5. The molecule has 2 rings (SSSR count).